The van der Waals surface area contributed by atoms with Crippen molar-refractivity contribution in [2.45, 2.75) is 110 Å². The van der Waals surface area contributed by atoms with Crippen LogP contribution in [0.2, 0.25) is 0 Å². The molecular formula is C30H41NS3Se. The summed E-state index contributed by atoms with van der Waals surface area (Å²) in [5, 5.41) is 5.76. The molecule has 0 radical (unpaired) electrons. The van der Waals surface area contributed by atoms with E-state index in [2.05, 4.69) is 41.9 Å². The molecule has 4 heterocycles. The molecule has 0 unspecified atom stereocenters. The molecule has 0 fully saturated rings. The average molecular weight is 591 g/mol. The summed E-state index contributed by atoms with van der Waals surface area (Å²) in [6, 6.07) is 8.92. The molecule has 0 aromatic carbocycles. The summed E-state index contributed by atoms with van der Waals surface area (Å²) in [6.45, 7) is 2.30. The van der Waals surface area contributed by atoms with Crippen molar-refractivity contribution in [3.63, 3.8) is 0 Å². The Hall–Kier alpha value is -0.711. The number of rotatable bonds is 18. The molecule has 0 atom stereocenters. The van der Waals surface area contributed by atoms with Crippen LogP contribution in [-0.4, -0.2) is 19.5 Å². The van der Waals surface area contributed by atoms with Gasteiger partial charge in [0.05, 0.1) is 0 Å². The van der Waals surface area contributed by atoms with E-state index in [4.69, 9.17) is 4.98 Å². The third-order valence-electron chi connectivity index (χ3n) is 6.78. The van der Waals surface area contributed by atoms with Crippen molar-refractivity contribution >= 4 is 58.7 Å². The first-order valence-electron chi connectivity index (χ1n) is 13.9. The molecule has 0 aliphatic heterocycles. The van der Waals surface area contributed by atoms with Crippen LogP contribution in [0.15, 0.2) is 35.0 Å². The summed E-state index contributed by atoms with van der Waals surface area (Å²) in [5.74, 6) is 0. The quantitative estimate of drug-likeness (QED) is 0.0830. The Morgan fingerprint density at radius 1 is 0.657 bits per heavy atom. The van der Waals surface area contributed by atoms with Crippen LogP contribution in [0, 0.1) is 0 Å². The summed E-state index contributed by atoms with van der Waals surface area (Å²) in [5.41, 5.74) is 1.30. The third kappa shape index (κ3) is 8.40. The first-order valence-corrected chi connectivity index (χ1v) is 18.2. The van der Waals surface area contributed by atoms with E-state index in [-0.39, 0.29) is 0 Å². The van der Waals surface area contributed by atoms with Crippen molar-refractivity contribution in [1.82, 2.24) is 4.98 Å². The van der Waals surface area contributed by atoms with Gasteiger partial charge in [-0.3, -0.25) is 0 Å². The molecule has 4 aromatic rings. The Kier molecular flexibility index (Phi) is 12.1. The Bertz CT molecular complexity index is 1010. The Balaban J connectivity index is 1.14. The summed E-state index contributed by atoms with van der Waals surface area (Å²) >= 11 is 6.09. The van der Waals surface area contributed by atoms with Crippen LogP contribution in [0.3, 0.4) is 0 Å². The average Bonchev–Trinajstić information content (AvgIpc) is 3.66. The molecule has 0 saturated carbocycles. The van der Waals surface area contributed by atoms with Gasteiger partial charge >= 0.3 is 174 Å². The second-order valence-electron chi connectivity index (χ2n) is 9.70. The number of hydrogen-bond donors (Lipinski definition) is 0. The van der Waals surface area contributed by atoms with Crippen molar-refractivity contribution in [2.24, 2.45) is 0 Å². The standard InChI is InChI=1S/C30H41NS3Se/c1-2-3-4-5-6-7-8-9-10-11-12-13-14-15-16-21-26-31-27-28(34-26)30(25-20-18-23-33-25)35-29(27)24-19-17-22-32-24/h17-20,22-23H,2-16,21H2,1H3. The number of aryl methyl sites for hydroxylation is 1. The maximum atomic E-state index is 5.18. The second kappa shape index (κ2) is 15.5. The molecule has 35 heavy (non-hydrogen) atoms. The van der Waals surface area contributed by atoms with Gasteiger partial charge in [0.15, 0.2) is 0 Å². The van der Waals surface area contributed by atoms with Crippen LogP contribution in [0.1, 0.15) is 108 Å². The van der Waals surface area contributed by atoms with Crippen LogP contribution >= 0.6 is 34.0 Å². The minimum absolute atomic E-state index is 0.372. The van der Waals surface area contributed by atoms with Crippen molar-refractivity contribution < 1.29 is 0 Å². The van der Waals surface area contributed by atoms with Crippen molar-refractivity contribution in [3.05, 3.63) is 40.0 Å². The van der Waals surface area contributed by atoms with Gasteiger partial charge in [0.1, 0.15) is 0 Å². The van der Waals surface area contributed by atoms with E-state index in [0.29, 0.717) is 14.5 Å². The van der Waals surface area contributed by atoms with Crippen molar-refractivity contribution in [3.8, 4) is 18.6 Å². The van der Waals surface area contributed by atoms with Crippen LogP contribution in [0.25, 0.3) is 28.8 Å². The first kappa shape index (κ1) is 27.3. The van der Waals surface area contributed by atoms with Gasteiger partial charge in [-0.2, -0.15) is 0 Å². The zero-order chi connectivity index (χ0) is 24.1. The fourth-order valence-corrected chi connectivity index (χ4v) is 10.9. The fourth-order valence-electron chi connectivity index (χ4n) is 4.77. The number of nitrogens with zero attached hydrogens (tertiary/aromatic N) is 1. The number of unbranched alkanes of at least 4 members (excludes halogenated alkanes) is 14. The van der Waals surface area contributed by atoms with Gasteiger partial charge in [0.25, 0.3) is 0 Å². The zero-order valence-electron chi connectivity index (χ0n) is 21.4. The van der Waals surface area contributed by atoms with E-state index in [1.807, 2.05) is 34.0 Å². The monoisotopic (exact) mass is 591 g/mol. The van der Waals surface area contributed by atoms with Gasteiger partial charge in [0, 0.05) is 0 Å². The van der Waals surface area contributed by atoms with Gasteiger partial charge in [-0.1, -0.05) is 58.3 Å². The Morgan fingerprint density at radius 2 is 1.17 bits per heavy atom. The van der Waals surface area contributed by atoms with Gasteiger partial charge < -0.3 is 0 Å². The normalized spacial score (nSPS) is 11.7. The molecule has 4 rings (SSSR count). The predicted octanol–water partition coefficient (Wildman–Crippen LogP) is 11.2. The summed E-state index contributed by atoms with van der Waals surface area (Å²) in [4.78, 5) is 8.04. The summed E-state index contributed by atoms with van der Waals surface area (Å²) < 4.78 is 4.53. The number of thiazole rings is 1. The van der Waals surface area contributed by atoms with E-state index in [1.165, 1.54) is 126 Å². The Labute approximate surface area is 230 Å². The third-order valence-corrected chi connectivity index (χ3v) is 13.2. The molecule has 190 valence electrons. The Morgan fingerprint density at radius 3 is 1.69 bits per heavy atom. The predicted molar refractivity (Wildman–Crippen MR) is 162 cm³/mol. The fraction of sp³-hybridized carbons (Fsp3) is 0.567. The molecule has 4 aromatic heterocycles. The van der Waals surface area contributed by atoms with E-state index in [1.54, 1.807) is 4.44 Å². The SMILES string of the molecule is CCCCCCCCCCCCCCCCCc1nc2c(-c3cccs3)[se]c(-c3cccs3)c2s1. The van der Waals surface area contributed by atoms with E-state index in [0.717, 1.165) is 6.42 Å². The molecule has 0 saturated heterocycles. The van der Waals surface area contributed by atoms with Crippen LogP contribution in [-0.2, 0) is 6.42 Å². The van der Waals surface area contributed by atoms with Crippen LogP contribution < -0.4 is 0 Å². The van der Waals surface area contributed by atoms with Crippen molar-refractivity contribution in [2.75, 3.05) is 0 Å². The molecule has 0 aliphatic rings. The van der Waals surface area contributed by atoms with Crippen molar-refractivity contribution in [1.29, 1.82) is 0 Å². The van der Waals surface area contributed by atoms with Crippen LogP contribution in [0.4, 0.5) is 0 Å². The van der Waals surface area contributed by atoms with Gasteiger partial charge in [0.2, 0.25) is 0 Å². The second-order valence-corrected chi connectivity index (χ2v) is 14.8. The van der Waals surface area contributed by atoms with Crippen LogP contribution in [0.5, 0.6) is 0 Å². The molecule has 0 spiro atoms. The van der Waals surface area contributed by atoms with Gasteiger partial charge in [-0.25, -0.2) is 0 Å². The summed E-state index contributed by atoms with van der Waals surface area (Å²) in [6.07, 6.45) is 22.5. The van der Waals surface area contributed by atoms with Gasteiger partial charge in [-0.15, -0.1) is 0 Å². The molecule has 1 nitrogen and oxygen atoms in total. The minimum atomic E-state index is 0.372. The first-order chi connectivity index (χ1) is 17.4. The molecule has 5 heteroatoms. The number of aromatic nitrogens is 1. The maximum absolute atomic E-state index is 5.18. The molecular weight excluding hydrogens is 549 g/mol. The zero-order valence-corrected chi connectivity index (χ0v) is 25.5. The topological polar surface area (TPSA) is 12.9 Å². The number of thiophene rings is 2. The van der Waals surface area contributed by atoms with E-state index >= 15 is 0 Å². The number of fused-ring (bicyclic) bond motifs is 1. The molecule has 0 bridgehead atoms. The molecule has 0 aliphatic carbocycles. The summed E-state index contributed by atoms with van der Waals surface area (Å²) in [7, 11) is 0. The van der Waals surface area contributed by atoms with Gasteiger partial charge in [-0.05, 0) is 0 Å². The van der Waals surface area contributed by atoms with E-state index in [9.17, 15) is 0 Å². The molecule has 0 amide bonds. The van der Waals surface area contributed by atoms with E-state index < -0.39 is 0 Å². The molecule has 0 N–H and O–H groups in total. The number of hydrogen-bond acceptors (Lipinski definition) is 4.